The molecule has 1 aliphatic rings. The first-order valence-corrected chi connectivity index (χ1v) is 13.8. The largest absolute Gasteiger partial charge is 0.481 e. The van der Waals surface area contributed by atoms with Crippen LogP contribution in [0.25, 0.3) is 11.3 Å². The Morgan fingerprint density at radius 1 is 1.07 bits per heavy atom. The third-order valence-electron chi connectivity index (χ3n) is 6.09. The minimum absolute atomic E-state index is 0.254. The number of carboxylic acids is 2. The molecule has 0 saturated heterocycles. The van der Waals surface area contributed by atoms with E-state index in [1.165, 1.54) is 11.1 Å². The fraction of sp³-hybridized carbons (Fsp3) is 0.370. The molecule has 2 heterocycles. The summed E-state index contributed by atoms with van der Waals surface area (Å²) in [7, 11) is 0. The van der Waals surface area contributed by atoms with Crippen LogP contribution in [0.15, 0.2) is 41.8 Å². The van der Waals surface area contributed by atoms with Gasteiger partial charge in [0.1, 0.15) is 6.04 Å². The zero-order valence-corrected chi connectivity index (χ0v) is 23.2. The third kappa shape index (κ3) is 9.39. The second-order valence-corrected chi connectivity index (χ2v) is 10.4. The molecular weight excluding hydrogens is 569 g/mol. The van der Waals surface area contributed by atoms with E-state index in [2.05, 4.69) is 27.0 Å². The molecule has 0 bridgehead atoms. The average molecular weight is 599 g/mol. The predicted octanol–water partition coefficient (Wildman–Crippen LogP) is 6.06. The van der Waals surface area contributed by atoms with Gasteiger partial charge in [-0.3, -0.25) is 9.59 Å². The lowest BCUT2D eigenvalue weighted by atomic mass is 10.0. The summed E-state index contributed by atoms with van der Waals surface area (Å²) in [6.07, 6.45) is -2.98. The number of aromatic nitrogens is 1. The number of nitrogens with zero attached hydrogens (tertiary/aromatic N) is 1. The fourth-order valence-corrected chi connectivity index (χ4v) is 4.92. The molecule has 0 saturated carbocycles. The number of thiazole rings is 1. The highest BCUT2D eigenvalue weighted by molar-refractivity contribution is 7.14. The third-order valence-corrected chi connectivity index (χ3v) is 7.18. The Morgan fingerprint density at radius 3 is 2.35 bits per heavy atom. The molecule has 1 aliphatic heterocycles. The van der Waals surface area contributed by atoms with Crippen molar-refractivity contribution in [2.24, 2.45) is 0 Å². The van der Waals surface area contributed by atoms with Crippen LogP contribution in [0, 0.1) is 0 Å². The number of hydrogen-bond donors (Lipinski definition) is 5. The Hall–Kier alpha value is -3.35. The fourth-order valence-electron chi connectivity index (χ4n) is 3.87. The van der Waals surface area contributed by atoms with Gasteiger partial charge in [-0.25, -0.2) is 4.98 Å². The van der Waals surface area contributed by atoms with Gasteiger partial charge in [0.2, 0.25) is 0 Å². The maximum absolute atomic E-state index is 12.7. The summed E-state index contributed by atoms with van der Waals surface area (Å²) in [5.41, 5.74) is 6.17. The number of aliphatic carboxylic acids is 2. The van der Waals surface area contributed by atoms with E-state index >= 15 is 0 Å². The lowest BCUT2D eigenvalue weighted by Crippen LogP contribution is -2.32. The standard InChI is InChI=1S/C23H24ClF3N4S.C4H6O4/c1-14(23(25,26)27)30-22-31-20(13-32-22)17-4-2-15(3-5-17)12-29-21-18-9-11-28-10-8-16(18)6-7-19(21)24;5-3(6)1-2-4(7)8/h2-7,13-14,28-29H,8-12H2,1H3,(H,30,31);1-2H2,(H,5,6)(H,7,8). The SMILES string of the molecule is CC(Nc1nc(-c2ccc(CNc3c(Cl)ccc4c3CCNCC4)cc2)cs1)C(F)(F)F.O=C(O)CCC(=O)O. The van der Waals surface area contributed by atoms with Gasteiger partial charge in [0, 0.05) is 17.5 Å². The molecular formula is C27H30ClF3N4O4S. The van der Waals surface area contributed by atoms with Crippen LogP contribution in [-0.4, -0.2) is 52.4 Å². The van der Waals surface area contributed by atoms with Gasteiger partial charge in [-0.15, -0.1) is 11.3 Å². The Balaban J connectivity index is 0.000000482. The van der Waals surface area contributed by atoms with Gasteiger partial charge < -0.3 is 26.2 Å². The number of nitrogens with one attached hydrogen (secondary N) is 3. The van der Waals surface area contributed by atoms with Crippen molar-refractivity contribution >= 4 is 45.7 Å². The van der Waals surface area contributed by atoms with E-state index in [0.717, 1.165) is 66.0 Å². The molecule has 3 aromatic rings. The second kappa shape index (κ2) is 14.3. The average Bonchev–Trinajstić information content (AvgIpc) is 3.23. The number of alkyl halides is 3. The Kier molecular flexibility index (Phi) is 11.2. The monoisotopic (exact) mass is 598 g/mol. The minimum Gasteiger partial charge on any atom is -0.481 e. The molecule has 0 amide bonds. The number of hydrogen-bond acceptors (Lipinski definition) is 7. The van der Waals surface area contributed by atoms with Crippen LogP contribution in [0.5, 0.6) is 0 Å². The van der Waals surface area contributed by atoms with Gasteiger partial charge in [0.15, 0.2) is 5.13 Å². The van der Waals surface area contributed by atoms with Crippen molar-refractivity contribution in [2.45, 2.75) is 51.4 Å². The number of rotatable bonds is 9. The zero-order valence-electron chi connectivity index (χ0n) is 21.6. The Labute approximate surface area is 238 Å². The van der Waals surface area contributed by atoms with E-state index < -0.39 is 24.2 Å². The molecule has 40 heavy (non-hydrogen) atoms. The van der Waals surface area contributed by atoms with Crippen LogP contribution in [0.2, 0.25) is 5.02 Å². The van der Waals surface area contributed by atoms with Crippen LogP contribution in [0.4, 0.5) is 24.0 Å². The molecule has 0 radical (unpaired) electrons. The smallest absolute Gasteiger partial charge is 0.408 e. The molecule has 1 unspecified atom stereocenters. The van der Waals surface area contributed by atoms with Gasteiger partial charge in [-0.2, -0.15) is 13.2 Å². The molecule has 1 aromatic heterocycles. The maximum Gasteiger partial charge on any atom is 0.408 e. The summed E-state index contributed by atoms with van der Waals surface area (Å²) in [4.78, 5) is 23.6. The maximum atomic E-state index is 12.7. The van der Waals surface area contributed by atoms with E-state index in [1.54, 1.807) is 5.38 Å². The molecule has 8 nitrogen and oxygen atoms in total. The van der Waals surface area contributed by atoms with Gasteiger partial charge in [-0.05, 0) is 55.6 Å². The van der Waals surface area contributed by atoms with Crippen LogP contribution in [0.1, 0.15) is 36.5 Å². The molecule has 13 heteroatoms. The molecule has 0 fully saturated rings. The van der Waals surface area contributed by atoms with Crippen molar-refractivity contribution in [3.05, 3.63) is 63.5 Å². The van der Waals surface area contributed by atoms with Crippen molar-refractivity contribution < 1.29 is 33.0 Å². The van der Waals surface area contributed by atoms with Crippen molar-refractivity contribution in [1.82, 2.24) is 10.3 Å². The zero-order chi connectivity index (χ0) is 29.3. The predicted molar refractivity (Wildman–Crippen MR) is 150 cm³/mol. The number of carbonyl (C=O) groups is 2. The summed E-state index contributed by atoms with van der Waals surface area (Å²) >= 11 is 7.65. The second-order valence-electron chi connectivity index (χ2n) is 9.09. The van der Waals surface area contributed by atoms with Crippen LogP contribution >= 0.6 is 22.9 Å². The van der Waals surface area contributed by atoms with Crippen LogP contribution in [0.3, 0.4) is 0 Å². The van der Waals surface area contributed by atoms with E-state index in [9.17, 15) is 22.8 Å². The summed E-state index contributed by atoms with van der Waals surface area (Å²) < 4.78 is 38.2. The highest BCUT2D eigenvalue weighted by Gasteiger charge is 2.36. The summed E-state index contributed by atoms with van der Waals surface area (Å²) in [6.45, 7) is 3.61. The number of halogens is 4. The van der Waals surface area contributed by atoms with Crippen molar-refractivity contribution in [1.29, 1.82) is 0 Å². The molecule has 4 rings (SSSR count). The molecule has 0 aliphatic carbocycles. The van der Waals surface area contributed by atoms with Crippen molar-refractivity contribution in [3.63, 3.8) is 0 Å². The highest BCUT2D eigenvalue weighted by Crippen LogP contribution is 2.32. The highest BCUT2D eigenvalue weighted by atomic mass is 35.5. The molecule has 1 atom stereocenters. The number of benzene rings is 2. The van der Waals surface area contributed by atoms with E-state index in [1.807, 2.05) is 30.3 Å². The lowest BCUT2D eigenvalue weighted by Gasteiger charge is -2.16. The number of carboxylic acid groups (broad SMARTS) is 2. The first kappa shape index (κ1) is 31.2. The number of anilines is 2. The molecule has 0 spiro atoms. The van der Waals surface area contributed by atoms with E-state index in [0.29, 0.717) is 12.2 Å². The Morgan fingerprint density at radius 2 is 1.73 bits per heavy atom. The minimum atomic E-state index is -4.31. The normalized spacial score (nSPS) is 13.7. The van der Waals surface area contributed by atoms with Crippen molar-refractivity contribution in [2.75, 3.05) is 23.7 Å². The van der Waals surface area contributed by atoms with Gasteiger partial charge in [0.05, 0.1) is 29.2 Å². The molecule has 216 valence electrons. The summed E-state index contributed by atoms with van der Waals surface area (Å²) in [5, 5.41) is 27.9. The van der Waals surface area contributed by atoms with Gasteiger partial charge >= 0.3 is 18.1 Å². The first-order valence-electron chi connectivity index (χ1n) is 12.5. The van der Waals surface area contributed by atoms with Crippen molar-refractivity contribution in [3.8, 4) is 11.3 Å². The summed E-state index contributed by atoms with van der Waals surface area (Å²) in [6, 6.07) is 10.3. The van der Waals surface area contributed by atoms with Crippen LogP contribution in [-0.2, 0) is 29.0 Å². The van der Waals surface area contributed by atoms with E-state index in [-0.39, 0.29) is 18.0 Å². The van der Waals surface area contributed by atoms with Gasteiger partial charge in [0.25, 0.3) is 0 Å². The lowest BCUT2D eigenvalue weighted by molar-refractivity contribution is -0.143. The van der Waals surface area contributed by atoms with E-state index in [4.69, 9.17) is 21.8 Å². The Bertz CT molecular complexity index is 1290. The quantitative estimate of drug-likeness (QED) is 0.201. The first-order chi connectivity index (χ1) is 18.9. The van der Waals surface area contributed by atoms with Gasteiger partial charge in [-0.1, -0.05) is 41.9 Å². The van der Waals surface area contributed by atoms with Crippen LogP contribution < -0.4 is 16.0 Å². The number of fused-ring (bicyclic) bond motifs is 1. The topological polar surface area (TPSA) is 124 Å². The molecule has 5 N–H and O–H groups in total. The summed E-state index contributed by atoms with van der Waals surface area (Å²) in [5.74, 6) is -2.15. The molecule has 2 aromatic carbocycles.